The third kappa shape index (κ3) is 5.87. The van der Waals surface area contributed by atoms with Gasteiger partial charge in [0, 0.05) is 38.0 Å². The van der Waals surface area contributed by atoms with Crippen LogP contribution in [0.1, 0.15) is 0 Å². The van der Waals surface area contributed by atoms with Crippen molar-refractivity contribution in [1.29, 1.82) is 0 Å². The quantitative estimate of drug-likeness (QED) is 0.107. The zero-order valence-corrected chi connectivity index (χ0v) is 39.3. The monoisotopic (exact) mass is 907 g/mol. The highest BCUT2D eigenvalue weighted by Gasteiger charge is 2.44. The summed E-state index contributed by atoms with van der Waals surface area (Å²) in [6, 6.07) is 102. The summed E-state index contributed by atoms with van der Waals surface area (Å²) in [6.07, 6.45) is 0. The number of hydrogen-bond donors (Lipinski definition) is 0. The highest BCUT2D eigenvalue weighted by molar-refractivity contribution is 7.20. The molecule has 14 rings (SSSR count). The van der Waals surface area contributed by atoms with E-state index in [0.29, 0.717) is 0 Å². The average Bonchev–Trinajstić information content (AvgIpc) is 4.09. The van der Waals surface area contributed by atoms with Crippen LogP contribution in [-0.2, 0) is 0 Å². The van der Waals surface area contributed by atoms with Crippen molar-refractivity contribution in [1.82, 2.24) is 13.7 Å². The topological polar surface area (TPSA) is 14.8 Å². The molecule has 70 heavy (non-hydrogen) atoms. The lowest BCUT2D eigenvalue weighted by Crippen LogP contribution is -2.74. The fourth-order valence-electron chi connectivity index (χ4n) is 11.9. The zero-order chi connectivity index (χ0) is 46.2. The fraction of sp³-hybridized carbons (Fsp3) is 0. The van der Waals surface area contributed by atoms with Crippen LogP contribution in [0.25, 0.3) is 93.6 Å². The van der Waals surface area contributed by atoms with Gasteiger partial charge in [0.25, 0.3) is 0 Å². The van der Waals surface area contributed by atoms with Crippen LogP contribution in [0.2, 0.25) is 0 Å². The lowest BCUT2D eigenvalue weighted by molar-refractivity contribution is 1.11. The van der Waals surface area contributed by atoms with Crippen molar-refractivity contribution in [2.45, 2.75) is 0 Å². The first-order valence-electron chi connectivity index (χ1n) is 24.2. The van der Waals surface area contributed by atoms with Crippen LogP contribution in [0.5, 0.6) is 0 Å². The minimum Gasteiger partial charge on any atom is -0.307 e. The van der Waals surface area contributed by atoms with Crippen LogP contribution < -0.4 is 20.7 Å². The molecule has 0 bridgehead atoms. The number of hydrogen-bond acceptors (Lipinski definition) is 0. The molecule has 0 N–H and O–H groups in total. The minimum atomic E-state index is -3.09. The van der Waals surface area contributed by atoms with E-state index in [4.69, 9.17) is 0 Å². The number of benzene rings is 11. The maximum absolute atomic E-state index is 3.09. The van der Waals surface area contributed by atoms with Crippen molar-refractivity contribution in [3.8, 4) is 28.2 Å². The molecule has 328 valence electrons. The molecule has 0 saturated heterocycles. The average molecular weight is 908 g/mol. The van der Waals surface area contributed by atoms with Gasteiger partial charge in [-0.1, -0.05) is 224 Å². The van der Waals surface area contributed by atoms with Crippen molar-refractivity contribution >= 4 is 94.2 Å². The van der Waals surface area contributed by atoms with Crippen molar-refractivity contribution in [2.24, 2.45) is 0 Å². The van der Waals surface area contributed by atoms with E-state index in [9.17, 15) is 0 Å². The van der Waals surface area contributed by atoms with Crippen LogP contribution in [0.15, 0.2) is 273 Å². The first kappa shape index (κ1) is 40.1. The van der Waals surface area contributed by atoms with Crippen molar-refractivity contribution in [2.75, 3.05) is 0 Å². The number of aromatic nitrogens is 3. The molecular weight excluding hydrogens is 863 g/mol. The van der Waals surface area contributed by atoms with E-state index in [1.807, 2.05) is 0 Å². The van der Waals surface area contributed by atoms with Gasteiger partial charge in [-0.2, -0.15) is 0 Å². The molecule has 11 aromatic carbocycles. The molecule has 0 saturated carbocycles. The number of fused-ring (bicyclic) bond motifs is 9. The van der Waals surface area contributed by atoms with Gasteiger partial charge in [0.15, 0.2) is 8.07 Å². The standard InChI is InChI=1S/C66H45N3Si/c1-5-23-46(24-6-1)47-25-21-26-48(45-47)67-57-38-17-15-35-54(57)55-37-22-42-61(65(55)67)69-60-41-20-16-36-56(60)64-63(44-43-62(66(64)69)68-58-39-18-13-33-52(58)53-34-14-19-40-59(53)68)70(49-27-7-2-8-28-49,50-29-9-3-10-30-50)51-31-11-4-12-32-51/h1-45H. The van der Waals surface area contributed by atoms with E-state index in [2.05, 4.69) is 287 Å². The van der Waals surface area contributed by atoms with E-state index in [-0.39, 0.29) is 0 Å². The Hall–Kier alpha value is -8.96. The molecule has 3 heterocycles. The Morgan fingerprint density at radius 3 is 1.24 bits per heavy atom. The summed E-state index contributed by atoms with van der Waals surface area (Å²) in [5.74, 6) is 0. The molecule has 0 aliphatic carbocycles. The normalized spacial score (nSPS) is 12.0. The molecule has 0 amide bonds. The second-order valence-electron chi connectivity index (χ2n) is 18.4. The molecule has 0 fully saturated rings. The maximum atomic E-state index is 2.62. The van der Waals surface area contributed by atoms with Crippen LogP contribution >= 0.6 is 0 Å². The van der Waals surface area contributed by atoms with E-state index in [1.165, 1.54) is 86.3 Å². The minimum absolute atomic E-state index is 1.12. The second-order valence-corrected chi connectivity index (χ2v) is 22.1. The SMILES string of the molecule is c1ccc(-c2cccc(-n3c4ccccc4c4cccc(-n5c6ccccc6c6c([Si](c7ccccc7)(c7ccccc7)c7ccccc7)ccc(-n7c8ccccc8c8ccccc87)c65)c43)c2)cc1. The van der Waals surface area contributed by atoms with E-state index >= 15 is 0 Å². The van der Waals surface area contributed by atoms with Gasteiger partial charge >= 0.3 is 0 Å². The fourth-order valence-corrected chi connectivity index (χ4v) is 16.9. The Balaban J connectivity index is 1.21. The number of para-hydroxylation sites is 5. The van der Waals surface area contributed by atoms with E-state index in [0.717, 1.165) is 28.1 Å². The van der Waals surface area contributed by atoms with Gasteiger partial charge in [-0.05, 0) is 80.4 Å². The van der Waals surface area contributed by atoms with Crippen LogP contribution in [0, 0.1) is 0 Å². The Morgan fingerprint density at radius 1 is 0.257 bits per heavy atom. The van der Waals surface area contributed by atoms with E-state index < -0.39 is 8.07 Å². The van der Waals surface area contributed by atoms with Crippen LogP contribution in [0.3, 0.4) is 0 Å². The molecule has 0 aliphatic rings. The summed E-state index contributed by atoms with van der Waals surface area (Å²) in [4.78, 5) is 0. The molecule has 3 aromatic heterocycles. The Kier molecular flexibility index (Phi) is 9.23. The van der Waals surface area contributed by atoms with Gasteiger partial charge in [-0.3, -0.25) is 0 Å². The Labute approximate surface area is 407 Å². The van der Waals surface area contributed by atoms with Gasteiger partial charge in [0.05, 0.1) is 44.5 Å². The van der Waals surface area contributed by atoms with Crippen LogP contribution in [0.4, 0.5) is 0 Å². The summed E-state index contributed by atoms with van der Waals surface area (Å²) in [5, 5.41) is 12.8. The smallest absolute Gasteiger partial charge is 0.180 e. The van der Waals surface area contributed by atoms with Gasteiger partial charge in [0.1, 0.15) is 0 Å². The van der Waals surface area contributed by atoms with Gasteiger partial charge in [0.2, 0.25) is 0 Å². The molecule has 0 radical (unpaired) electrons. The molecular formula is C66H45N3Si. The maximum Gasteiger partial charge on any atom is 0.180 e. The molecule has 0 unspecified atom stereocenters. The molecule has 0 aliphatic heterocycles. The van der Waals surface area contributed by atoms with Gasteiger partial charge < -0.3 is 13.7 Å². The lowest BCUT2D eigenvalue weighted by Gasteiger charge is -2.35. The first-order chi connectivity index (χ1) is 34.8. The summed E-state index contributed by atoms with van der Waals surface area (Å²) >= 11 is 0. The highest BCUT2D eigenvalue weighted by atomic mass is 28.3. The molecule has 3 nitrogen and oxygen atoms in total. The van der Waals surface area contributed by atoms with Crippen LogP contribution in [-0.4, -0.2) is 21.8 Å². The third-order valence-electron chi connectivity index (χ3n) is 14.8. The molecule has 4 heteroatoms. The molecule has 0 atom stereocenters. The van der Waals surface area contributed by atoms with Gasteiger partial charge in [-0.15, -0.1) is 0 Å². The molecule has 0 spiro atoms. The second kappa shape index (κ2) is 16.1. The van der Waals surface area contributed by atoms with Crippen molar-refractivity contribution in [3.63, 3.8) is 0 Å². The molecule has 14 aromatic rings. The lowest BCUT2D eigenvalue weighted by atomic mass is 10.1. The largest absolute Gasteiger partial charge is 0.307 e. The van der Waals surface area contributed by atoms with Crippen molar-refractivity contribution < 1.29 is 0 Å². The number of rotatable bonds is 8. The zero-order valence-electron chi connectivity index (χ0n) is 38.3. The summed E-state index contributed by atoms with van der Waals surface area (Å²) in [5.41, 5.74) is 12.8. The Bertz CT molecular complexity index is 4130. The number of nitrogens with zero attached hydrogens (tertiary/aromatic N) is 3. The summed E-state index contributed by atoms with van der Waals surface area (Å²) in [6.45, 7) is 0. The van der Waals surface area contributed by atoms with Gasteiger partial charge in [-0.25, -0.2) is 0 Å². The predicted molar refractivity (Wildman–Crippen MR) is 299 cm³/mol. The highest BCUT2D eigenvalue weighted by Crippen LogP contribution is 2.43. The van der Waals surface area contributed by atoms with Crippen molar-refractivity contribution in [3.05, 3.63) is 273 Å². The first-order valence-corrected chi connectivity index (χ1v) is 26.2. The summed E-state index contributed by atoms with van der Waals surface area (Å²) < 4.78 is 7.65. The Morgan fingerprint density at radius 2 is 0.671 bits per heavy atom. The third-order valence-corrected chi connectivity index (χ3v) is 19.6. The van der Waals surface area contributed by atoms with E-state index in [1.54, 1.807) is 0 Å². The summed E-state index contributed by atoms with van der Waals surface area (Å²) in [7, 11) is -3.09. The predicted octanol–water partition coefficient (Wildman–Crippen LogP) is 14.0.